The van der Waals surface area contributed by atoms with Crippen molar-refractivity contribution >= 4 is 17.8 Å². The van der Waals surface area contributed by atoms with Crippen molar-refractivity contribution in [1.29, 1.82) is 0 Å². The van der Waals surface area contributed by atoms with Gasteiger partial charge in [-0.2, -0.15) is 0 Å². The van der Waals surface area contributed by atoms with E-state index < -0.39 is 11.6 Å². The molecule has 1 saturated heterocycles. The molecule has 3 amide bonds. The number of hydrogen-bond acceptors (Lipinski definition) is 6. The van der Waals surface area contributed by atoms with Crippen LogP contribution in [0.4, 0.5) is 10.6 Å². The summed E-state index contributed by atoms with van der Waals surface area (Å²) < 4.78 is 12.0. The van der Waals surface area contributed by atoms with Crippen molar-refractivity contribution in [2.45, 2.75) is 50.0 Å². The van der Waals surface area contributed by atoms with Gasteiger partial charge in [-0.05, 0) is 50.7 Å². The van der Waals surface area contributed by atoms with Gasteiger partial charge in [0.15, 0.2) is 5.82 Å². The molecule has 1 aromatic heterocycles. The zero-order valence-corrected chi connectivity index (χ0v) is 16.0. The number of carbonyl (C=O) groups is 2. The molecule has 2 aromatic rings. The molecule has 2 spiro atoms. The Labute approximate surface area is 167 Å². The smallest absolute Gasteiger partial charge is 0.330 e. The number of aryl methyl sites for hydroxylation is 1. The number of urea groups is 1. The fraction of sp³-hybridized carbons (Fsp3) is 0.429. The van der Waals surface area contributed by atoms with E-state index in [4.69, 9.17) is 9.47 Å². The highest BCUT2D eigenvalue weighted by Crippen LogP contribution is 2.59. The number of imide groups is 1. The summed E-state index contributed by atoms with van der Waals surface area (Å²) in [6.07, 6.45) is 7.32. The molecule has 0 radical (unpaired) electrons. The van der Waals surface area contributed by atoms with Crippen LogP contribution in [0.1, 0.15) is 43.2 Å². The third-order valence-electron chi connectivity index (χ3n) is 6.62. The number of nitrogens with one attached hydrogen (secondary N) is 1. The van der Waals surface area contributed by atoms with Crippen molar-refractivity contribution in [1.82, 2.24) is 15.3 Å². The van der Waals surface area contributed by atoms with Gasteiger partial charge in [0.2, 0.25) is 5.88 Å². The van der Waals surface area contributed by atoms with E-state index in [0.717, 1.165) is 46.8 Å². The predicted octanol–water partition coefficient (Wildman–Crippen LogP) is 2.98. The molecule has 4 aliphatic rings. The minimum Gasteiger partial charge on any atom is -0.492 e. The van der Waals surface area contributed by atoms with E-state index >= 15 is 0 Å². The monoisotopic (exact) mass is 392 g/mol. The van der Waals surface area contributed by atoms with Gasteiger partial charge in [0.05, 0.1) is 19.0 Å². The third kappa shape index (κ3) is 2.25. The summed E-state index contributed by atoms with van der Waals surface area (Å²) in [6.45, 7) is 2.73. The van der Waals surface area contributed by atoms with Gasteiger partial charge in [-0.3, -0.25) is 4.79 Å². The lowest BCUT2D eigenvalue weighted by molar-refractivity contribution is -0.124. The van der Waals surface area contributed by atoms with Crippen LogP contribution in [-0.2, 0) is 10.2 Å². The third-order valence-corrected chi connectivity index (χ3v) is 6.62. The molecule has 2 aliphatic carbocycles. The summed E-state index contributed by atoms with van der Waals surface area (Å²) in [7, 11) is 0. The first-order valence-corrected chi connectivity index (χ1v) is 9.95. The number of nitrogens with zero attached hydrogens (tertiary/aromatic N) is 3. The first-order chi connectivity index (χ1) is 14.0. The number of amides is 3. The van der Waals surface area contributed by atoms with E-state index in [-0.39, 0.29) is 17.1 Å². The Morgan fingerprint density at radius 2 is 1.97 bits per heavy atom. The number of ether oxygens (including phenoxy) is 2. The summed E-state index contributed by atoms with van der Waals surface area (Å²) in [5, 5.41) is 2.79. The molecule has 148 valence electrons. The predicted molar refractivity (Wildman–Crippen MR) is 102 cm³/mol. The summed E-state index contributed by atoms with van der Waals surface area (Å²) in [5.74, 6) is 1.91. The van der Waals surface area contributed by atoms with Crippen molar-refractivity contribution in [3.8, 4) is 17.4 Å². The van der Waals surface area contributed by atoms with Crippen LogP contribution >= 0.6 is 0 Å². The number of carbonyl (C=O) groups excluding carboxylic acids is 2. The van der Waals surface area contributed by atoms with E-state index in [1.807, 2.05) is 19.1 Å². The summed E-state index contributed by atoms with van der Waals surface area (Å²) in [6, 6.07) is 3.47. The number of hydrogen-bond donors (Lipinski definition) is 1. The lowest BCUT2D eigenvalue weighted by atomic mass is 9.77. The SMILES string of the molecule is Cc1ccc(Oc2cnc(N3C(=O)NC4(CCC4)C3=O)cn2)c2c1OCC21CC1. The fourth-order valence-corrected chi connectivity index (χ4v) is 4.56. The van der Waals surface area contributed by atoms with Crippen molar-refractivity contribution in [3.05, 3.63) is 35.7 Å². The Kier molecular flexibility index (Phi) is 3.16. The Balaban J connectivity index is 1.28. The zero-order valence-electron chi connectivity index (χ0n) is 16.0. The van der Waals surface area contributed by atoms with Crippen LogP contribution in [0.3, 0.4) is 0 Å². The topological polar surface area (TPSA) is 93.7 Å². The van der Waals surface area contributed by atoms with Crippen LogP contribution in [0.15, 0.2) is 24.5 Å². The molecule has 6 rings (SSSR count). The Morgan fingerprint density at radius 3 is 2.59 bits per heavy atom. The maximum atomic E-state index is 12.7. The average molecular weight is 392 g/mol. The summed E-state index contributed by atoms with van der Waals surface area (Å²) >= 11 is 0. The van der Waals surface area contributed by atoms with Crippen molar-refractivity contribution in [2.24, 2.45) is 0 Å². The first-order valence-electron chi connectivity index (χ1n) is 9.95. The van der Waals surface area contributed by atoms with Gasteiger partial charge in [0.1, 0.15) is 17.0 Å². The lowest BCUT2D eigenvalue weighted by Crippen LogP contribution is -2.52. The summed E-state index contributed by atoms with van der Waals surface area (Å²) in [4.78, 5) is 34.6. The molecule has 0 atom stereocenters. The largest absolute Gasteiger partial charge is 0.492 e. The second-order valence-electron chi connectivity index (χ2n) is 8.47. The number of rotatable bonds is 3. The molecule has 1 N–H and O–H groups in total. The summed E-state index contributed by atoms with van der Waals surface area (Å²) in [5.41, 5.74) is 1.54. The van der Waals surface area contributed by atoms with Gasteiger partial charge in [-0.1, -0.05) is 6.07 Å². The Morgan fingerprint density at radius 1 is 1.14 bits per heavy atom. The minimum atomic E-state index is -0.741. The number of fused-ring (bicyclic) bond motifs is 2. The van der Waals surface area contributed by atoms with Crippen molar-refractivity contribution < 1.29 is 19.1 Å². The highest BCUT2D eigenvalue weighted by molar-refractivity contribution is 6.23. The van der Waals surface area contributed by atoms with Crippen LogP contribution in [0.25, 0.3) is 0 Å². The molecule has 1 aromatic carbocycles. The minimum absolute atomic E-state index is 0.0706. The highest BCUT2D eigenvalue weighted by Gasteiger charge is 2.56. The molecule has 2 aliphatic heterocycles. The molecule has 2 saturated carbocycles. The van der Waals surface area contributed by atoms with Crippen LogP contribution in [0, 0.1) is 6.92 Å². The molecule has 29 heavy (non-hydrogen) atoms. The molecule has 8 nitrogen and oxygen atoms in total. The van der Waals surface area contributed by atoms with E-state index in [0.29, 0.717) is 25.3 Å². The van der Waals surface area contributed by atoms with E-state index in [2.05, 4.69) is 15.3 Å². The maximum Gasteiger partial charge on any atom is 0.330 e. The van der Waals surface area contributed by atoms with Crippen LogP contribution in [0.2, 0.25) is 0 Å². The Bertz CT molecular complexity index is 1060. The maximum absolute atomic E-state index is 12.7. The lowest BCUT2D eigenvalue weighted by Gasteiger charge is -2.34. The van der Waals surface area contributed by atoms with E-state index in [9.17, 15) is 9.59 Å². The van der Waals surface area contributed by atoms with Gasteiger partial charge >= 0.3 is 6.03 Å². The van der Waals surface area contributed by atoms with Gasteiger partial charge in [-0.15, -0.1) is 0 Å². The van der Waals surface area contributed by atoms with Crippen LogP contribution in [-0.4, -0.2) is 34.1 Å². The standard InChI is InChI=1S/C21H20N4O4/c1-12-3-4-13(16-17(12)28-11-20(16)7-8-20)29-15-10-22-14(9-23-15)25-18(26)21(5-2-6-21)24-19(25)27/h3-4,9-10H,2,5-8,11H2,1H3,(H,24,27). The highest BCUT2D eigenvalue weighted by atomic mass is 16.5. The van der Waals surface area contributed by atoms with Gasteiger partial charge in [0, 0.05) is 11.0 Å². The fourth-order valence-electron chi connectivity index (χ4n) is 4.56. The molecular weight excluding hydrogens is 372 g/mol. The van der Waals surface area contributed by atoms with Gasteiger partial charge < -0.3 is 14.8 Å². The molecule has 0 unspecified atom stereocenters. The number of benzene rings is 1. The molecular formula is C21H20N4O4. The zero-order chi connectivity index (χ0) is 19.8. The Hall–Kier alpha value is -3.16. The normalized spacial score (nSPS) is 22.3. The number of aromatic nitrogens is 2. The molecule has 3 fully saturated rings. The molecule has 8 heteroatoms. The van der Waals surface area contributed by atoms with Crippen molar-refractivity contribution in [2.75, 3.05) is 11.5 Å². The first kappa shape index (κ1) is 16.8. The molecule has 3 heterocycles. The van der Waals surface area contributed by atoms with Crippen LogP contribution in [0.5, 0.6) is 17.4 Å². The second-order valence-corrected chi connectivity index (χ2v) is 8.47. The van der Waals surface area contributed by atoms with Crippen LogP contribution < -0.4 is 19.7 Å². The average Bonchev–Trinajstić information content (AvgIpc) is 3.27. The molecule has 0 bridgehead atoms. The van der Waals surface area contributed by atoms with Crippen molar-refractivity contribution in [3.63, 3.8) is 0 Å². The van der Waals surface area contributed by atoms with Gasteiger partial charge in [-0.25, -0.2) is 19.7 Å². The quantitative estimate of drug-likeness (QED) is 0.807. The van der Waals surface area contributed by atoms with Gasteiger partial charge in [0.25, 0.3) is 5.91 Å². The van der Waals surface area contributed by atoms with E-state index in [1.54, 1.807) is 0 Å². The second kappa shape index (κ2) is 5.46. The van der Waals surface area contributed by atoms with E-state index in [1.165, 1.54) is 12.4 Å². The number of anilines is 1.